The Bertz CT molecular complexity index is 963. The zero-order valence-corrected chi connectivity index (χ0v) is 18.8. The minimum atomic E-state index is 0.417. The van der Waals surface area contributed by atoms with Crippen LogP contribution in [0.5, 0.6) is 0 Å². The van der Waals surface area contributed by atoms with Crippen LogP contribution in [0.3, 0.4) is 0 Å². The van der Waals surface area contributed by atoms with Crippen LogP contribution in [0.4, 0.5) is 0 Å². The van der Waals surface area contributed by atoms with E-state index >= 15 is 0 Å². The highest BCUT2D eigenvalue weighted by molar-refractivity contribution is 7.15. The minimum absolute atomic E-state index is 0.417. The highest BCUT2D eigenvalue weighted by Crippen LogP contribution is 2.29. The zero-order valence-electron chi connectivity index (χ0n) is 18.0. The van der Waals surface area contributed by atoms with E-state index in [2.05, 4.69) is 71.0 Å². The smallest absolute Gasteiger partial charge is 0.194 e. The molecule has 2 unspecified atom stereocenters. The second kappa shape index (κ2) is 9.43. The third kappa shape index (κ3) is 4.56. The maximum atomic E-state index is 4.99. The first kappa shape index (κ1) is 20.6. The second-order valence-corrected chi connectivity index (χ2v) is 8.94. The monoisotopic (exact) mass is 422 g/mol. The molecule has 0 radical (unpaired) electrons. The first-order valence-corrected chi connectivity index (χ1v) is 11.5. The van der Waals surface area contributed by atoms with Gasteiger partial charge in [-0.2, -0.15) is 0 Å². The number of guanidine groups is 1. The number of thiazole rings is 1. The van der Waals surface area contributed by atoms with E-state index in [0.717, 1.165) is 42.7 Å². The van der Waals surface area contributed by atoms with Gasteiger partial charge in [-0.3, -0.25) is 0 Å². The van der Waals surface area contributed by atoms with Gasteiger partial charge in [0.15, 0.2) is 5.96 Å². The zero-order chi connectivity index (χ0) is 20.9. The molecule has 2 aromatic heterocycles. The molecular formula is C23H30N6S. The van der Waals surface area contributed by atoms with Crippen molar-refractivity contribution in [3.63, 3.8) is 0 Å². The number of aliphatic imine (C=N–C) groups is 1. The lowest BCUT2D eigenvalue weighted by Crippen LogP contribution is -2.49. The summed E-state index contributed by atoms with van der Waals surface area (Å²) < 4.78 is 2.24. The molecule has 30 heavy (non-hydrogen) atoms. The summed E-state index contributed by atoms with van der Waals surface area (Å²) in [4.78, 5) is 17.6. The standard InChI is InChI=1S/C23H30N6S/c1-4-25-23(28-12-10-17(2)20(15-28)29-13-11-24-16-29)26-14-21-18(3)27-22(30-21)19-8-6-5-7-9-19/h5-9,11,13,16-17,20H,4,10,12,14-15H2,1-3H3,(H,25,26). The maximum Gasteiger partial charge on any atom is 0.194 e. The fourth-order valence-corrected chi connectivity index (χ4v) is 4.94. The van der Waals surface area contributed by atoms with Gasteiger partial charge in [0.05, 0.1) is 24.6 Å². The lowest BCUT2D eigenvalue weighted by atomic mass is 9.93. The van der Waals surface area contributed by atoms with Crippen LogP contribution in [0.25, 0.3) is 10.6 Å². The normalized spacial score (nSPS) is 19.8. The molecule has 2 atom stereocenters. The van der Waals surface area contributed by atoms with Gasteiger partial charge in [0.2, 0.25) is 0 Å². The van der Waals surface area contributed by atoms with Crippen molar-refractivity contribution >= 4 is 17.3 Å². The third-order valence-corrected chi connectivity index (χ3v) is 6.94. The number of nitrogens with one attached hydrogen (secondary N) is 1. The van der Waals surface area contributed by atoms with E-state index in [-0.39, 0.29) is 0 Å². The summed E-state index contributed by atoms with van der Waals surface area (Å²) in [5, 5.41) is 4.56. The molecular weight excluding hydrogens is 392 g/mol. The summed E-state index contributed by atoms with van der Waals surface area (Å²) >= 11 is 1.74. The van der Waals surface area contributed by atoms with E-state index in [4.69, 9.17) is 9.98 Å². The molecule has 0 bridgehead atoms. The highest BCUT2D eigenvalue weighted by Gasteiger charge is 2.29. The van der Waals surface area contributed by atoms with Gasteiger partial charge in [-0.1, -0.05) is 37.3 Å². The molecule has 0 amide bonds. The number of aryl methyl sites for hydroxylation is 1. The number of likely N-dealkylation sites (tertiary alicyclic amines) is 1. The SMILES string of the molecule is CCNC(=NCc1sc(-c2ccccc2)nc1C)N1CCC(C)C(n2ccnc2)C1. The molecule has 4 rings (SSSR count). The number of benzene rings is 1. The van der Waals surface area contributed by atoms with Crippen molar-refractivity contribution in [3.8, 4) is 10.6 Å². The Hall–Kier alpha value is -2.67. The largest absolute Gasteiger partial charge is 0.357 e. The van der Waals surface area contributed by atoms with Gasteiger partial charge in [-0.05, 0) is 26.2 Å². The van der Waals surface area contributed by atoms with Crippen LogP contribution >= 0.6 is 11.3 Å². The van der Waals surface area contributed by atoms with Crippen LogP contribution in [0, 0.1) is 12.8 Å². The van der Waals surface area contributed by atoms with E-state index in [1.165, 1.54) is 10.4 Å². The predicted molar refractivity (Wildman–Crippen MR) is 124 cm³/mol. The molecule has 3 heterocycles. The first-order chi connectivity index (χ1) is 14.7. The van der Waals surface area contributed by atoms with Crippen molar-refractivity contribution in [2.45, 2.75) is 39.8 Å². The van der Waals surface area contributed by atoms with Gasteiger partial charge in [-0.25, -0.2) is 15.0 Å². The van der Waals surface area contributed by atoms with E-state index in [9.17, 15) is 0 Å². The third-order valence-electron chi connectivity index (χ3n) is 5.75. The van der Waals surface area contributed by atoms with Gasteiger partial charge in [0.1, 0.15) is 5.01 Å². The maximum absolute atomic E-state index is 4.99. The number of imidazole rings is 1. The lowest BCUT2D eigenvalue weighted by molar-refractivity contribution is 0.189. The molecule has 1 aromatic carbocycles. The number of piperidine rings is 1. The molecule has 1 N–H and O–H groups in total. The number of hydrogen-bond donors (Lipinski definition) is 1. The van der Waals surface area contributed by atoms with Crippen molar-refractivity contribution in [1.82, 2.24) is 24.8 Å². The summed E-state index contributed by atoms with van der Waals surface area (Å²) in [7, 11) is 0. The number of aromatic nitrogens is 3. The molecule has 7 heteroatoms. The van der Waals surface area contributed by atoms with Crippen LogP contribution in [-0.4, -0.2) is 45.0 Å². The van der Waals surface area contributed by atoms with Crippen LogP contribution in [0.15, 0.2) is 54.0 Å². The van der Waals surface area contributed by atoms with E-state index < -0.39 is 0 Å². The Balaban J connectivity index is 1.51. The molecule has 0 aliphatic carbocycles. The van der Waals surface area contributed by atoms with Crippen molar-refractivity contribution < 1.29 is 0 Å². The molecule has 0 saturated carbocycles. The fourth-order valence-electron chi connectivity index (χ4n) is 3.95. The summed E-state index contributed by atoms with van der Waals surface area (Å²) in [5.41, 5.74) is 2.24. The van der Waals surface area contributed by atoms with E-state index in [1.54, 1.807) is 11.3 Å². The average molecular weight is 423 g/mol. The van der Waals surface area contributed by atoms with Gasteiger partial charge in [0, 0.05) is 42.5 Å². The van der Waals surface area contributed by atoms with Gasteiger partial charge in [0.25, 0.3) is 0 Å². The number of rotatable bonds is 5. The van der Waals surface area contributed by atoms with E-state index in [1.807, 2.05) is 18.6 Å². The molecule has 158 valence electrons. The molecule has 3 aromatic rings. The van der Waals surface area contributed by atoms with Crippen molar-refractivity contribution in [2.24, 2.45) is 10.9 Å². The summed E-state index contributed by atoms with van der Waals surface area (Å²) in [6.07, 6.45) is 7.01. The summed E-state index contributed by atoms with van der Waals surface area (Å²) in [5.74, 6) is 1.61. The van der Waals surface area contributed by atoms with Crippen LogP contribution < -0.4 is 5.32 Å². The molecule has 0 spiro atoms. The van der Waals surface area contributed by atoms with Crippen LogP contribution in [0.1, 0.15) is 36.9 Å². The average Bonchev–Trinajstić information content (AvgIpc) is 3.42. The Morgan fingerprint density at radius 3 is 2.87 bits per heavy atom. The highest BCUT2D eigenvalue weighted by atomic mass is 32.1. The van der Waals surface area contributed by atoms with Crippen LogP contribution in [0.2, 0.25) is 0 Å². The summed E-state index contributed by atoms with van der Waals surface area (Å²) in [6.45, 7) is 10.0. The number of nitrogens with zero attached hydrogens (tertiary/aromatic N) is 5. The van der Waals surface area contributed by atoms with Crippen molar-refractivity contribution in [1.29, 1.82) is 0 Å². The van der Waals surface area contributed by atoms with Gasteiger partial charge >= 0.3 is 0 Å². The molecule has 1 aliphatic rings. The topological polar surface area (TPSA) is 58.3 Å². The second-order valence-electron chi connectivity index (χ2n) is 7.85. The van der Waals surface area contributed by atoms with Crippen molar-refractivity contribution in [3.05, 3.63) is 59.6 Å². The fraction of sp³-hybridized carbons (Fsp3) is 0.435. The molecule has 6 nitrogen and oxygen atoms in total. The Kier molecular flexibility index (Phi) is 6.47. The first-order valence-electron chi connectivity index (χ1n) is 10.7. The quantitative estimate of drug-likeness (QED) is 0.490. The molecule has 1 aliphatic heterocycles. The number of hydrogen-bond acceptors (Lipinski definition) is 4. The van der Waals surface area contributed by atoms with Gasteiger partial charge < -0.3 is 14.8 Å². The van der Waals surface area contributed by atoms with Gasteiger partial charge in [-0.15, -0.1) is 11.3 Å². The predicted octanol–water partition coefficient (Wildman–Crippen LogP) is 4.36. The van der Waals surface area contributed by atoms with Crippen LogP contribution in [-0.2, 0) is 6.54 Å². The molecule has 1 saturated heterocycles. The van der Waals surface area contributed by atoms with Crippen molar-refractivity contribution in [2.75, 3.05) is 19.6 Å². The lowest BCUT2D eigenvalue weighted by Gasteiger charge is -2.39. The summed E-state index contributed by atoms with van der Waals surface area (Å²) in [6, 6.07) is 10.8. The Morgan fingerprint density at radius 2 is 2.13 bits per heavy atom. The Labute approximate surface area is 182 Å². The minimum Gasteiger partial charge on any atom is -0.357 e. The Morgan fingerprint density at radius 1 is 1.30 bits per heavy atom. The molecule has 1 fully saturated rings. The van der Waals surface area contributed by atoms with E-state index in [0.29, 0.717) is 18.5 Å².